The van der Waals surface area contributed by atoms with Crippen molar-refractivity contribution in [1.29, 1.82) is 0 Å². The molecule has 0 aliphatic carbocycles. The lowest BCUT2D eigenvalue weighted by molar-refractivity contribution is 0.382. The molecule has 220 valence electrons. The fourth-order valence-electron chi connectivity index (χ4n) is 5.20. The molecule has 0 aromatic rings. The van der Waals surface area contributed by atoms with Crippen molar-refractivity contribution in [2.75, 3.05) is 0 Å². The van der Waals surface area contributed by atoms with Crippen LogP contribution in [0.1, 0.15) is 207 Å². The van der Waals surface area contributed by atoms with Crippen molar-refractivity contribution in [1.82, 2.24) is 0 Å². The van der Waals surface area contributed by atoms with Crippen LogP contribution in [0, 0.1) is 0 Å². The first-order valence-corrected chi connectivity index (χ1v) is 17.3. The van der Waals surface area contributed by atoms with Crippen molar-refractivity contribution in [3.8, 4) is 0 Å². The van der Waals surface area contributed by atoms with Gasteiger partial charge in [-0.3, -0.25) is 0 Å². The van der Waals surface area contributed by atoms with Crippen LogP contribution in [-0.4, -0.2) is 0 Å². The lowest BCUT2D eigenvalue weighted by atomic mass is 10.0. The Labute approximate surface area is 235 Å². The Balaban J connectivity index is 4.22. The summed E-state index contributed by atoms with van der Waals surface area (Å²) in [5.41, 5.74) is 3.07. The topological polar surface area (TPSA) is 9.23 Å². The first-order valence-electron chi connectivity index (χ1n) is 17.3. The second-order valence-electron chi connectivity index (χ2n) is 11.8. The summed E-state index contributed by atoms with van der Waals surface area (Å²) >= 11 is 0. The Hall–Kier alpha value is -0.720. The van der Waals surface area contributed by atoms with E-state index in [-0.39, 0.29) is 0 Å². The maximum atomic E-state index is 6.11. The highest BCUT2D eigenvalue weighted by atomic mass is 16.5. The average molecular weight is 519 g/mol. The van der Waals surface area contributed by atoms with Crippen molar-refractivity contribution in [2.24, 2.45) is 0 Å². The van der Waals surface area contributed by atoms with Crippen LogP contribution in [0.15, 0.2) is 23.7 Å². The molecule has 0 rings (SSSR count). The summed E-state index contributed by atoms with van der Waals surface area (Å²) in [6.45, 7) is 9.20. The van der Waals surface area contributed by atoms with Crippen LogP contribution in [0.5, 0.6) is 0 Å². The SMILES string of the molecule is CCCCCCCCCCCCC(=COC=C(CCCC)CCCCCCCCCCCC)CCCC. The molecule has 0 saturated carbocycles. The molecule has 1 nitrogen and oxygen atoms in total. The maximum Gasteiger partial charge on any atom is 0.0893 e. The van der Waals surface area contributed by atoms with E-state index in [2.05, 4.69) is 40.2 Å². The standard InChI is InChI=1S/C36H70O/c1-5-9-13-15-17-19-21-23-25-27-31-35(29-11-7-3)33-37-34-36(30-12-8-4)32-28-26-24-22-20-18-16-14-10-6-2/h33-34H,5-32H2,1-4H3. The predicted molar refractivity (Wildman–Crippen MR) is 169 cm³/mol. The highest BCUT2D eigenvalue weighted by Crippen LogP contribution is 2.20. The Morgan fingerprint density at radius 3 is 0.865 bits per heavy atom. The van der Waals surface area contributed by atoms with Gasteiger partial charge < -0.3 is 4.74 Å². The fraction of sp³-hybridized carbons (Fsp3) is 0.889. The predicted octanol–water partition coefficient (Wildman–Crippen LogP) is 13.8. The zero-order valence-electron chi connectivity index (χ0n) is 26.4. The molecule has 37 heavy (non-hydrogen) atoms. The number of hydrogen-bond donors (Lipinski definition) is 0. The fourth-order valence-corrected chi connectivity index (χ4v) is 5.20. The van der Waals surface area contributed by atoms with Crippen LogP contribution in [-0.2, 0) is 4.74 Å². The molecule has 0 amide bonds. The average Bonchev–Trinajstić information content (AvgIpc) is 2.91. The Morgan fingerprint density at radius 1 is 0.324 bits per heavy atom. The van der Waals surface area contributed by atoms with Gasteiger partial charge in [0.2, 0.25) is 0 Å². The molecule has 0 N–H and O–H groups in total. The Bertz CT molecular complexity index is 445. The van der Waals surface area contributed by atoms with Gasteiger partial charge >= 0.3 is 0 Å². The first kappa shape index (κ1) is 36.3. The smallest absolute Gasteiger partial charge is 0.0893 e. The van der Waals surface area contributed by atoms with Gasteiger partial charge in [0.25, 0.3) is 0 Å². The molecule has 0 aromatic heterocycles. The summed E-state index contributed by atoms with van der Waals surface area (Å²) in [7, 11) is 0. The van der Waals surface area contributed by atoms with Crippen molar-refractivity contribution in [2.45, 2.75) is 207 Å². The van der Waals surface area contributed by atoms with Crippen molar-refractivity contribution >= 4 is 0 Å². The van der Waals surface area contributed by atoms with Gasteiger partial charge in [-0.25, -0.2) is 0 Å². The Morgan fingerprint density at radius 2 is 0.568 bits per heavy atom. The number of ether oxygens (including phenoxy) is 1. The van der Waals surface area contributed by atoms with E-state index in [1.807, 2.05) is 0 Å². The van der Waals surface area contributed by atoms with Gasteiger partial charge in [-0.15, -0.1) is 0 Å². The molecule has 0 spiro atoms. The van der Waals surface area contributed by atoms with E-state index in [0.29, 0.717) is 0 Å². The van der Waals surface area contributed by atoms with Crippen LogP contribution in [0.2, 0.25) is 0 Å². The second kappa shape index (κ2) is 31.5. The highest BCUT2D eigenvalue weighted by Gasteiger charge is 2.02. The third-order valence-electron chi connectivity index (χ3n) is 7.88. The van der Waals surface area contributed by atoms with Crippen molar-refractivity contribution in [3.05, 3.63) is 23.7 Å². The first-order chi connectivity index (χ1) is 18.3. The van der Waals surface area contributed by atoms with Gasteiger partial charge in [0.15, 0.2) is 0 Å². The van der Waals surface area contributed by atoms with Crippen LogP contribution in [0.25, 0.3) is 0 Å². The van der Waals surface area contributed by atoms with E-state index < -0.39 is 0 Å². The zero-order valence-corrected chi connectivity index (χ0v) is 26.4. The van der Waals surface area contributed by atoms with E-state index in [4.69, 9.17) is 4.74 Å². The summed E-state index contributed by atoms with van der Waals surface area (Å²) in [4.78, 5) is 0. The second-order valence-corrected chi connectivity index (χ2v) is 11.8. The highest BCUT2D eigenvalue weighted by molar-refractivity contribution is 5.02. The third-order valence-corrected chi connectivity index (χ3v) is 7.88. The summed E-state index contributed by atoms with van der Waals surface area (Å²) in [5.74, 6) is 0. The van der Waals surface area contributed by atoms with Gasteiger partial charge in [0.1, 0.15) is 0 Å². The summed E-state index contributed by atoms with van der Waals surface area (Å²) in [5, 5.41) is 0. The maximum absolute atomic E-state index is 6.11. The van der Waals surface area contributed by atoms with E-state index in [9.17, 15) is 0 Å². The van der Waals surface area contributed by atoms with Gasteiger partial charge in [0.05, 0.1) is 12.5 Å². The molecule has 0 atom stereocenters. The third kappa shape index (κ3) is 28.1. The monoisotopic (exact) mass is 519 g/mol. The minimum absolute atomic E-state index is 1.21. The largest absolute Gasteiger partial charge is 0.473 e. The number of allylic oxidation sites excluding steroid dienone is 2. The lowest BCUT2D eigenvalue weighted by Crippen LogP contribution is -1.90. The van der Waals surface area contributed by atoms with E-state index >= 15 is 0 Å². The van der Waals surface area contributed by atoms with Crippen LogP contribution in [0.3, 0.4) is 0 Å². The molecular formula is C36H70O. The zero-order chi connectivity index (χ0) is 27.1. The van der Waals surface area contributed by atoms with Crippen molar-refractivity contribution in [3.63, 3.8) is 0 Å². The van der Waals surface area contributed by atoms with Gasteiger partial charge in [0, 0.05) is 0 Å². The Kier molecular flexibility index (Phi) is 30.9. The summed E-state index contributed by atoms with van der Waals surface area (Å²) in [6, 6.07) is 0. The molecule has 0 bridgehead atoms. The van der Waals surface area contributed by atoms with E-state index in [1.54, 1.807) is 0 Å². The van der Waals surface area contributed by atoms with Crippen molar-refractivity contribution < 1.29 is 4.74 Å². The summed E-state index contributed by atoms with van der Waals surface area (Å²) < 4.78 is 6.11. The molecule has 0 saturated heterocycles. The minimum Gasteiger partial charge on any atom is -0.473 e. The molecule has 0 fully saturated rings. The molecule has 1 heteroatoms. The molecule has 0 heterocycles. The number of hydrogen-bond acceptors (Lipinski definition) is 1. The van der Waals surface area contributed by atoms with Gasteiger partial charge in [-0.05, 0) is 62.5 Å². The normalized spacial score (nSPS) is 12.4. The molecular weight excluding hydrogens is 448 g/mol. The van der Waals surface area contributed by atoms with Crippen LogP contribution < -0.4 is 0 Å². The quantitative estimate of drug-likeness (QED) is 0.0678. The van der Waals surface area contributed by atoms with Crippen LogP contribution in [0.4, 0.5) is 0 Å². The van der Waals surface area contributed by atoms with Crippen LogP contribution >= 0.6 is 0 Å². The van der Waals surface area contributed by atoms with E-state index in [0.717, 1.165) is 0 Å². The number of unbranched alkanes of at least 4 members (excludes halogenated alkanes) is 20. The van der Waals surface area contributed by atoms with Gasteiger partial charge in [-0.2, -0.15) is 0 Å². The molecule has 0 unspecified atom stereocenters. The molecule has 0 aliphatic rings. The molecule has 0 aliphatic heterocycles. The summed E-state index contributed by atoms with van der Waals surface area (Å²) in [6.07, 6.45) is 42.5. The van der Waals surface area contributed by atoms with Gasteiger partial charge in [-0.1, -0.05) is 156 Å². The van der Waals surface area contributed by atoms with E-state index in [1.165, 1.54) is 191 Å². The molecule has 0 aromatic carbocycles. The lowest BCUT2D eigenvalue weighted by Gasteiger charge is -2.09. The number of rotatable bonds is 30. The molecule has 0 radical (unpaired) electrons. The minimum atomic E-state index is 1.21.